The van der Waals surface area contributed by atoms with E-state index in [0.717, 1.165) is 21.3 Å². The number of halogens is 2. The maximum absolute atomic E-state index is 6.00. The van der Waals surface area contributed by atoms with Crippen LogP contribution in [-0.2, 0) is 6.54 Å². The lowest BCUT2D eigenvalue weighted by molar-refractivity contribution is 0.341. The lowest BCUT2D eigenvalue weighted by Crippen LogP contribution is -2.40. The third-order valence-corrected chi connectivity index (χ3v) is 5.49. The van der Waals surface area contributed by atoms with Crippen LogP contribution in [0.25, 0.3) is 0 Å². The molecular formula is C11H15BrClNS. The first kappa shape index (κ1) is 11.9. The van der Waals surface area contributed by atoms with E-state index in [1.54, 1.807) is 11.3 Å². The number of hydrogen-bond donors (Lipinski definition) is 1. The summed E-state index contributed by atoms with van der Waals surface area (Å²) in [6.07, 6.45) is 2.74. The Bertz CT molecular complexity index is 338. The van der Waals surface area contributed by atoms with Gasteiger partial charge in [-0.25, -0.2) is 0 Å². The Balaban J connectivity index is 1.92. The van der Waals surface area contributed by atoms with Crippen LogP contribution in [0.5, 0.6) is 0 Å². The maximum Gasteiger partial charge on any atom is 0.107 e. The third kappa shape index (κ3) is 2.96. The highest BCUT2D eigenvalue weighted by atomic mass is 79.9. The predicted molar refractivity (Wildman–Crippen MR) is 70.7 cm³/mol. The Morgan fingerprint density at radius 3 is 2.73 bits per heavy atom. The van der Waals surface area contributed by atoms with Gasteiger partial charge in [-0.05, 0) is 54.6 Å². The summed E-state index contributed by atoms with van der Waals surface area (Å²) >= 11 is 11.1. The SMILES string of the molecule is CC(C)(NCc1cc(Br)c(Cl)s1)C1CC1. The molecule has 0 atom stereocenters. The van der Waals surface area contributed by atoms with E-state index in [1.807, 2.05) is 0 Å². The molecule has 2 rings (SSSR count). The van der Waals surface area contributed by atoms with E-state index < -0.39 is 0 Å². The zero-order valence-electron chi connectivity index (χ0n) is 8.94. The fourth-order valence-electron chi connectivity index (χ4n) is 1.74. The Labute approximate surface area is 108 Å². The van der Waals surface area contributed by atoms with E-state index in [4.69, 9.17) is 11.6 Å². The molecule has 84 valence electrons. The molecule has 1 aliphatic carbocycles. The fourth-order valence-corrected chi connectivity index (χ4v) is 3.47. The molecule has 0 saturated heterocycles. The van der Waals surface area contributed by atoms with Crippen molar-refractivity contribution < 1.29 is 0 Å². The zero-order chi connectivity index (χ0) is 11.1. The van der Waals surface area contributed by atoms with Crippen molar-refractivity contribution >= 4 is 38.9 Å². The van der Waals surface area contributed by atoms with Crippen molar-refractivity contribution in [1.82, 2.24) is 5.32 Å². The third-order valence-electron chi connectivity index (χ3n) is 3.01. The molecule has 1 aromatic heterocycles. The molecular weight excluding hydrogens is 294 g/mol. The van der Waals surface area contributed by atoms with Gasteiger partial charge in [0, 0.05) is 21.4 Å². The minimum Gasteiger partial charge on any atom is -0.307 e. The van der Waals surface area contributed by atoms with Gasteiger partial charge in [-0.2, -0.15) is 0 Å². The smallest absolute Gasteiger partial charge is 0.107 e. The van der Waals surface area contributed by atoms with E-state index in [2.05, 4.69) is 41.2 Å². The van der Waals surface area contributed by atoms with E-state index in [-0.39, 0.29) is 5.54 Å². The largest absolute Gasteiger partial charge is 0.307 e. The molecule has 15 heavy (non-hydrogen) atoms. The van der Waals surface area contributed by atoms with Crippen molar-refractivity contribution in [3.63, 3.8) is 0 Å². The highest BCUT2D eigenvalue weighted by molar-refractivity contribution is 9.10. The summed E-state index contributed by atoms with van der Waals surface area (Å²) in [6.45, 7) is 5.49. The van der Waals surface area contributed by atoms with Gasteiger partial charge in [0.1, 0.15) is 4.34 Å². The van der Waals surface area contributed by atoms with Crippen LogP contribution < -0.4 is 5.32 Å². The molecule has 0 bridgehead atoms. The van der Waals surface area contributed by atoms with Crippen molar-refractivity contribution in [2.24, 2.45) is 5.92 Å². The summed E-state index contributed by atoms with van der Waals surface area (Å²) in [5.41, 5.74) is 0.267. The molecule has 1 aliphatic rings. The second-order valence-electron chi connectivity index (χ2n) is 4.68. The highest BCUT2D eigenvalue weighted by Gasteiger charge is 2.37. The molecule has 1 fully saturated rings. The van der Waals surface area contributed by atoms with E-state index in [1.165, 1.54) is 17.7 Å². The first-order valence-electron chi connectivity index (χ1n) is 5.18. The molecule has 1 saturated carbocycles. The molecule has 1 heterocycles. The average molecular weight is 309 g/mol. The summed E-state index contributed by atoms with van der Waals surface area (Å²) in [7, 11) is 0. The second kappa shape index (κ2) is 4.36. The van der Waals surface area contributed by atoms with Gasteiger partial charge in [0.2, 0.25) is 0 Å². The standard InChI is InChI=1S/C11H15BrClNS/c1-11(2,7-3-4-7)14-6-8-5-9(12)10(13)15-8/h5,7,14H,3-4,6H2,1-2H3. The zero-order valence-corrected chi connectivity index (χ0v) is 12.1. The van der Waals surface area contributed by atoms with Gasteiger partial charge >= 0.3 is 0 Å². The molecule has 0 spiro atoms. The van der Waals surface area contributed by atoms with Crippen molar-refractivity contribution in [2.75, 3.05) is 0 Å². The van der Waals surface area contributed by atoms with Gasteiger partial charge in [-0.15, -0.1) is 11.3 Å². The number of rotatable bonds is 4. The van der Waals surface area contributed by atoms with Crippen molar-refractivity contribution in [2.45, 2.75) is 38.8 Å². The molecule has 1 aromatic rings. The van der Waals surface area contributed by atoms with Crippen molar-refractivity contribution in [1.29, 1.82) is 0 Å². The lowest BCUT2D eigenvalue weighted by Gasteiger charge is -2.25. The molecule has 1 nitrogen and oxygen atoms in total. The molecule has 0 unspecified atom stereocenters. The number of hydrogen-bond acceptors (Lipinski definition) is 2. The van der Waals surface area contributed by atoms with Gasteiger partial charge < -0.3 is 5.32 Å². The van der Waals surface area contributed by atoms with Gasteiger partial charge in [-0.3, -0.25) is 0 Å². The van der Waals surface area contributed by atoms with Crippen LogP contribution in [0.2, 0.25) is 4.34 Å². The molecule has 0 aliphatic heterocycles. The predicted octanol–water partition coefficient (Wildman–Crippen LogP) is 4.44. The molecule has 0 radical (unpaired) electrons. The quantitative estimate of drug-likeness (QED) is 0.867. The van der Waals surface area contributed by atoms with Crippen LogP contribution in [0.15, 0.2) is 10.5 Å². The summed E-state index contributed by atoms with van der Waals surface area (Å²) in [5, 5.41) is 3.61. The first-order chi connectivity index (χ1) is 6.99. The van der Waals surface area contributed by atoms with Crippen LogP contribution in [0.1, 0.15) is 31.6 Å². The van der Waals surface area contributed by atoms with Crippen LogP contribution in [-0.4, -0.2) is 5.54 Å². The van der Waals surface area contributed by atoms with Crippen LogP contribution in [0, 0.1) is 5.92 Å². The summed E-state index contributed by atoms with van der Waals surface area (Å²) < 4.78 is 1.85. The van der Waals surface area contributed by atoms with Crippen molar-refractivity contribution in [3.8, 4) is 0 Å². The van der Waals surface area contributed by atoms with Crippen molar-refractivity contribution in [3.05, 3.63) is 19.8 Å². The van der Waals surface area contributed by atoms with Crippen LogP contribution >= 0.6 is 38.9 Å². The minimum absolute atomic E-state index is 0.267. The Morgan fingerprint density at radius 1 is 1.60 bits per heavy atom. The fraction of sp³-hybridized carbons (Fsp3) is 0.636. The van der Waals surface area contributed by atoms with Crippen LogP contribution in [0.4, 0.5) is 0 Å². The van der Waals surface area contributed by atoms with Gasteiger partial charge in [0.25, 0.3) is 0 Å². The topological polar surface area (TPSA) is 12.0 Å². The molecule has 0 aromatic carbocycles. The summed E-state index contributed by atoms with van der Waals surface area (Å²) in [6, 6.07) is 2.10. The Hall–Kier alpha value is 0.430. The first-order valence-corrected chi connectivity index (χ1v) is 7.16. The second-order valence-corrected chi connectivity index (χ2v) is 7.28. The monoisotopic (exact) mass is 307 g/mol. The van der Waals surface area contributed by atoms with E-state index >= 15 is 0 Å². The van der Waals surface area contributed by atoms with E-state index in [9.17, 15) is 0 Å². The molecule has 0 amide bonds. The maximum atomic E-state index is 6.00. The highest BCUT2D eigenvalue weighted by Crippen LogP contribution is 2.39. The van der Waals surface area contributed by atoms with E-state index in [0.29, 0.717) is 0 Å². The van der Waals surface area contributed by atoms with Gasteiger partial charge in [0.05, 0.1) is 0 Å². The van der Waals surface area contributed by atoms with Gasteiger partial charge in [-0.1, -0.05) is 11.6 Å². The van der Waals surface area contributed by atoms with Gasteiger partial charge in [0.15, 0.2) is 0 Å². The Morgan fingerprint density at radius 2 is 2.27 bits per heavy atom. The number of nitrogens with one attached hydrogen (secondary N) is 1. The average Bonchev–Trinajstić information content (AvgIpc) is 2.93. The molecule has 1 N–H and O–H groups in total. The summed E-state index contributed by atoms with van der Waals surface area (Å²) in [4.78, 5) is 1.29. The van der Waals surface area contributed by atoms with Crippen LogP contribution in [0.3, 0.4) is 0 Å². The summed E-state index contributed by atoms with van der Waals surface area (Å²) in [5.74, 6) is 0.858. The molecule has 4 heteroatoms. The lowest BCUT2D eigenvalue weighted by atomic mass is 9.99. The Kier molecular flexibility index (Phi) is 3.46. The minimum atomic E-state index is 0.267. The normalized spacial score (nSPS) is 17.1. The number of thiophene rings is 1.